The number of hydrogen-bond acceptors (Lipinski definition) is 4. The van der Waals surface area contributed by atoms with Crippen molar-refractivity contribution in [2.24, 2.45) is 5.73 Å². The zero-order valence-electron chi connectivity index (χ0n) is 17.7. The number of carbonyl (C=O) groups is 2. The molecule has 32 heavy (non-hydrogen) atoms. The summed E-state index contributed by atoms with van der Waals surface area (Å²) in [5.74, 6) is -0.270. The number of hydrogen-bond donors (Lipinski definition) is 3. The number of anilines is 1. The SMILES string of the molecule is Cl.N[C@H](CC(=O)N[C@@H]1CCCc2ccccc21)c1ccc(C(=O)Nc2ccncc2)cc1. The second-order valence-corrected chi connectivity index (χ2v) is 7.83. The largest absolute Gasteiger partial charge is 0.349 e. The fourth-order valence-corrected chi connectivity index (χ4v) is 3.99. The number of halogens is 1. The van der Waals surface area contributed by atoms with Crippen molar-refractivity contribution in [2.45, 2.75) is 37.8 Å². The predicted octanol–water partition coefficient (Wildman–Crippen LogP) is 4.34. The number of nitrogens with two attached hydrogens (primary N) is 1. The van der Waals surface area contributed by atoms with Gasteiger partial charge in [-0.25, -0.2) is 0 Å². The molecule has 7 heteroatoms. The second-order valence-electron chi connectivity index (χ2n) is 7.83. The first-order chi connectivity index (χ1) is 15.1. The van der Waals surface area contributed by atoms with E-state index in [9.17, 15) is 9.59 Å². The van der Waals surface area contributed by atoms with E-state index in [1.54, 1.807) is 48.8 Å². The summed E-state index contributed by atoms with van der Waals surface area (Å²) in [6.45, 7) is 0. The molecule has 1 aliphatic rings. The van der Waals surface area contributed by atoms with Crippen LogP contribution in [0.4, 0.5) is 5.69 Å². The predicted molar refractivity (Wildman–Crippen MR) is 128 cm³/mol. The molecule has 0 radical (unpaired) electrons. The molecule has 2 atom stereocenters. The Morgan fingerprint density at radius 3 is 2.50 bits per heavy atom. The smallest absolute Gasteiger partial charge is 0.255 e. The first kappa shape index (κ1) is 23.4. The molecule has 3 aromatic rings. The van der Waals surface area contributed by atoms with Gasteiger partial charge in [-0.05, 0) is 60.2 Å². The molecule has 6 nitrogen and oxygen atoms in total. The van der Waals surface area contributed by atoms with E-state index >= 15 is 0 Å². The van der Waals surface area contributed by atoms with Gasteiger partial charge in [0.05, 0.1) is 6.04 Å². The van der Waals surface area contributed by atoms with Crippen molar-refractivity contribution in [1.29, 1.82) is 0 Å². The summed E-state index contributed by atoms with van der Waals surface area (Å²) in [6, 6.07) is 18.4. The average Bonchev–Trinajstić information content (AvgIpc) is 2.80. The van der Waals surface area contributed by atoms with Gasteiger partial charge in [0.2, 0.25) is 5.91 Å². The van der Waals surface area contributed by atoms with Gasteiger partial charge in [0.1, 0.15) is 0 Å². The van der Waals surface area contributed by atoms with Crippen molar-refractivity contribution in [1.82, 2.24) is 10.3 Å². The highest BCUT2D eigenvalue weighted by molar-refractivity contribution is 6.04. The quantitative estimate of drug-likeness (QED) is 0.520. The summed E-state index contributed by atoms with van der Waals surface area (Å²) in [6.07, 6.45) is 6.50. The van der Waals surface area contributed by atoms with Crippen LogP contribution in [0.5, 0.6) is 0 Å². The lowest BCUT2D eigenvalue weighted by Gasteiger charge is -2.27. The lowest BCUT2D eigenvalue weighted by molar-refractivity contribution is -0.122. The maximum Gasteiger partial charge on any atom is 0.255 e. The number of carbonyl (C=O) groups excluding carboxylic acids is 2. The van der Waals surface area contributed by atoms with E-state index in [4.69, 9.17) is 5.73 Å². The molecule has 166 valence electrons. The van der Waals surface area contributed by atoms with Gasteiger partial charge in [0.25, 0.3) is 5.91 Å². The minimum atomic E-state index is -0.434. The standard InChI is InChI=1S/C25H26N4O2.ClH/c26-22(16-24(30)29-23-7-3-5-17-4-1-2-6-21(17)23)18-8-10-19(11-9-18)25(31)28-20-12-14-27-15-13-20;/h1-2,4,6,8-15,22-23H,3,5,7,16,26H2,(H,29,30)(H,27,28,31);1H/t22-,23-;/m1./s1. The number of aromatic nitrogens is 1. The minimum absolute atomic E-state index is 0. The third-order valence-electron chi connectivity index (χ3n) is 5.65. The lowest BCUT2D eigenvalue weighted by Crippen LogP contribution is -2.33. The summed E-state index contributed by atoms with van der Waals surface area (Å²) in [5.41, 5.74) is 10.8. The van der Waals surface area contributed by atoms with E-state index < -0.39 is 6.04 Å². The van der Waals surface area contributed by atoms with Crippen molar-refractivity contribution in [3.8, 4) is 0 Å². The van der Waals surface area contributed by atoms with E-state index in [1.165, 1.54) is 11.1 Å². The van der Waals surface area contributed by atoms with Gasteiger partial charge in [-0.15, -0.1) is 12.4 Å². The Morgan fingerprint density at radius 2 is 1.75 bits per heavy atom. The fourth-order valence-electron chi connectivity index (χ4n) is 3.99. The molecule has 1 aliphatic carbocycles. The van der Waals surface area contributed by atoms with Gasteiger partial charge >= 0.3 is 0 Å². The van der Waals surface area contributed by atoms with Gasteiger partial charge in [0, 0.05) is 36.1 Å². The van der Waals surface area contributed by atoms with Gasteiger partial charge in [-0.3, -0.25) is 14.6 Å². The Bertz CT molecular complexity index is 1060. The van der Waals surface area contributed by atoms with Gasteiger partial charge in [0.15, 0.2) is 0 Å². The summed E-state index contributed by atoms with van der Waals surface area (Å²) >= 11 is 0. The van der Waals surface area contributed by atoms with Crippen LogP contribution in [0.25, 0.3) is 0 Å². The molecule has 0 saturated carbocycles. The molecular formula is C25H27ClN4O2. The molecule has 0 spiro atoms. The molecule has 2 aromatic carbocycles. The number of benzene rings is 2. The first-order valence-electron chi connectivity index (χ1n) is 10.5. The second kappa shape index (κ2) is 10.9. The maximum absolute atomic E-state index is 12.6. The first-order valence-corrected chi connectivity index (χ1v) is 10.5. The number of nitrogens with zero attached hydrogens (tertiary/aromatic N) is 1. The van der Waals surface area contributed by atoms with Crippen LogP contribution >= 0.6 is 12.4 Å². The van der Waals surface area contributed by atoms with Crippen LogP contribution in [-0.4, -0.2) is 16.8 Å². The number of aryl methyl sites for hydroxylation is 1. The number of amides is 2. The molecule has 0 aliphatic heterocycles. The van der Waals surface area contributed by atoms with Gasteiger partial charge < -0.3 is 16.4 Å². The van der Waals surface area contributed by atoms with Crippen LogP contribution in [0.3, 0.4) is 0 Å². The van der Waals surface area contributed by atoms with Crippen LogP contribution in [0, 0.1) is 0 Å². The maximum atomic E-state index is 12.6. The molecule has 0 bridgehead atoms. The van der Waals surface area contributed by atoms with Crippen molar-refractivity contribution in [2.75, 3.05) is 5.32 Å². The van der Waals surface area contributed by atoms with Crippen molar-refractivity contribution < 1.29 is 9.59 Å². The molecule has 1 aromatic heterocycles. The molecule has 1 heterocycles. The monoisotopic (exact) mass is 450 g/mol. The number of pyridine rings is 1. The highest BCUT2D eigenvalue weighted by Crippen LogP contribution is 2.29. The molecular weight excluding hydrogens is 424 g/mol. The Labute approximate surface area is 194 Å². The van der Waals surface area contributed by atoms with E-state index in [2.05, 4.69) is 27.8 Å². The van der Waals surface area contributed by atoms with E-state index in [0.717, 1.165) is 24.8 Å². The Balaban J connectivity index is 0.00000289. The van der Waals surface area contributed by atoms with E-state index in [0.29, 0.717) is 11.3 Å². The summed E-state index contributed by atoms with van der Waals surface area (Å²) in [7, 11) is 0. The molecule has 0 fully saturated rings. The Kier molecular flexibility index (Phi) is 7.98. The van der Waals surface area contributed by atoms with Crippen LogP contribution in [0.1, 0.15) is 58.4 Å². The average molecular weight is 451 g/mol. The lowest BCUT2D eigenvalue weighted by atomic mass is 9.87. The highest BCUT2D eigenvalue weighted by atomic mass is 35.5. The molecule has 0 saturated heterocycles. The van der Waals surface area contributed by atoms with Crippen LogP contribution in [0.2, 0.25) is 0 Å². The normalized spacial score (nSPS) is 15.6. The Hall–Kier alpha value is -3.22. The number of fused-ring (bicyclic) bond motifs is 1. The zero-order chi connectivity index (χ0) is 21.6. The molecule has 2 amide bonds. The fraction of sp³-hybridized carbons (Fsp3) is 0.240. The minimum Gasteiger partial charge on any atom is -0.349 e. The van der Waals surface area contributed by atoms with Crippen molar-refractivity contribution >= 4 is 29.9 Å². The number of nitrogens with one attached hydrogen (secondary N) is 2. The topological polar surface area (TPSA) is 97.1 Å². The molecule has 4 rings (SSSR count). The molecule has 4 N–H and O–H groups in total. The highest BCUT2D eigenvalue weighted by Gasteiger charge is 2.22. The van der Waals surface area contributed by atoms with E-state index in [1.807, 2.05) is 12.1 Å². The van der Waals surface area contributed by atoms with E-state index in [-0.39, 0.29) is 36.7 Å². The third kappa shape index (κ3) is 5.72. The van der Waals surface area contributed by atoms with Crippen molar-refractivity contribution in [3.05, 3.63) is 95.3 Å². The van der Waals surface area contributed by atoms with Crippen LogP contribution in [-0.2, 0) is 11.2 Å². The van der Waals surface area contributed by atoms with Gasteiger partial charge in [-0.1, -0.05) is 36.4 Å². The zero-order valence-corrected chi connectivity index (χ0v) is 18.5. The molecule has 0 unspecified atom stereocenters. The summed E-state index contributed by atoms with van der Waals surface area (Å²) < 4.78 is 0. The van der Waals surface area contributed by atoms with Gasteiger partial charge in [-0.2, -0.15) is 0 Å². The Morgan fingerprint density at radius 1 is 1.03 bits per heavy atom. The van der Waals surface area contributed by atoms with Crippen molar-refractivity contribution in [3.63, 3.8) is 0 Å². The number of rotatable bonds is 6. The van der Waals surface area contributed by atoms with Crippen LogP contribution < -0.4 is 16.4 Å². The summed E-state index contributed by atoms with van der Waals surface area (Å²) in [5, 5.41) is 5.96. The summed E-state index contributed by atoms with van der Waals surface area (Å²) in [4.78, 5) is 28.9. The third-order valence-corrected chi connectivity index (χ3v) is 5.65. The van der Waals surface area contributed by atoms with Crippen LogP contribution in [0.15, 0.2) is 73.1 Å².